The number of phenolic OH excluding ortho intramolecular Hbond substituents is 1. The molecule has 1 heterocycles. The number of hydrogen-bond acceptors (Lipinski definition) is 3. The van der Waals surface area contributed by atoms with Crippen LogP contribution in [-0.2, 0) is 10.2 Å². The minimum absolute atomic E-state index is 0.0410. The maximum Gasteiger partial charge on any atom is 0.331 e. The Hall–Kier alpha value is -2.59. The van der Waals surface area contributed by atoms with Crippen LogP contribution in [0.15, 0.2) is 71.2 Å². The predicted octanol–water partition coefficient (Wildman–Crippen LogP) is 4.72. The lowest BCUT2D eigenvalue weighted by molar-refractivity contribution is -0.135. The van der Waals surface area contributed by atoms with Crippen LogP contribution in [0.25, 0.3) is 0 Å². The highest BCUT2D eigenvalue weighted by molar-refractivity contribution is 9.10. The molecule has 1 aliphatic heterocycles. The van der Waals surface area contributed by atoms with Gasteiger partial charge < -0.3 is 9.84 Å². The summed E-state index contributed by atoms with van der Waals surface area (Å²) in [6.07, 6.45) is 0. The molecule has 124 valence electrons. The summed E-state index contributed by atoms with van der Waals surface area (Å²) >= 11 is 3.36. The molecule has 1 aliphatic rings. The molecule has 0 aromatic heterocycles. The van der Waals surface area contributed by atoms with Crippen LogP contribution in [0.2, 0.25) is 0 Å². The van der Waals surface area contributed by atoms with E-state index in [-0.39, 0.29) is 11.7 Å². The molecule has 0 spiro atoms. The van der Waals surface area contributed by atoms with Gasteiger partial charge in [0.2, 0.25) is 0 Å². The summed E-state index contributed by atoms with van der Waals surface area (Å²) in [7, 11) is 0. The largest absolute Gasteiger partial charge is 0.507 e. The van der Waals surface area contributed by atoms with Crippen LogP contribution in [-0.4, -0.2) is 11.1 Å². The van der Waals surface area contributed by atoms with Crippen molar-refractivity contribution in [2.24, 2.45) is 0 Å². The van der Waals surface area contributed by atoms with Gasteiger partial charge in [0.1, 0.15) is 16.9 Å². The number of carbonyl (C=O) groups is 1. The SMILES string of the molecule is Cc1ccc(C2(c3ccccc3)C(=O)Oc3cc(O)c(Br)cc32)cc1. The third-order valence-corrected chi connectivity index (χ3v) is 5.29. The summed E-state index contributed by atoms with van der Waals surface area (Å²) in [6.45, 7) is 2.01. The second-order valence-corrected chi connectivity index (χ2v) is 7.03. The van der Waals surface area contributed by atoms with Gasteiger partial charge in [-0.2, -0.15) is 0 Å². The molecule has 0 amide bonds. The van der Waals surface area contributed by atoms with E-state index in [4.69, 9.17) is 4.74 Å². The minimum atomic E-state index is -1.06. The van der Waals surface area contributed by atoms with Gasteiger partial charge in [-0.05, 0) is 40.0 Å². The molecule has 0 aliphatic carbocycles. The van der Waals surface area contributed by atoms with Gasteiger partial charge in [0.25, 0.3) is 0 Å². The van der Waals surface area contributed by atoms with Gasteiger partial charge in [-0.3, -0.25) is 0 Å². The van der Waals surface area contributed by atoms with Gasteiger partial charge >= 0.3 is 5.97 Å². The number of aryl methyl sites for hydroxylation is 1. The average Bonchev–Trinajstić information content (AvgIpc) is 2.89. The van der Waals surface area contributed by atoms with Gasteiger partial charge in [-0.1, -0.05) is 60.2 Å². The molecule has 1 atom stereocenters. The highest BCUT2D eigenvalue weighted by Gasteiger charge is 2.52. The third kappa shape index (κ3) is 2.29. The highest BCUT2D eigenvalue weighted by atomic mass is 79.9. The van der Waals surface area contributed by atoms with Crippen molar-refractivity contribution >= 4 is 21.9 Å². The Morgan fingerprint density at radius 3 is 2.28 bits per heavy atom. The van der Waals surface area contributed by atoms with Gasteiger partial charge in [0, 0.05) is 11.6 Å². The Balaban J connectivity index is 2.09. The zero-order valence-corrected chi connectivity index (χ0v) is 15.1. The van der Waals surface area contributed by atoms with E-state index in [0.29, 0.717) is 10.2 Å². The number of ether oxygens (including phenoxy) is 1. The van der Waals surface area contributed by atoms with Crippen LogP contribution in [0, 0.1) is 6.92 Å². The Labute approximate surface area is 154 Å². The topological polar surface area (TPSA) is 46.5 Å². The van der Waals surface area contributed by atoms with E-state index >= 15 is 0 Å². The first-order valence-corrected chi connectivity index (χ1v) is 8.70. The van der Waals surface area contributed by atoms with Crippen molar-refractivity contribution in [2.75, 3.05) is 0 Å². The molecule has 0 radical (unpaired) electrons. The van der Waals surface area contributed by atoms with E-state index in [2.05, 4.69) is 15.9 Å². The third-order valence-electron chi connectivity index (χ3n) is 4.65. The molecule has 0 saturated heterocycles. The number of benzene rings is 3. The fraction of sp³-hybridized carbons (Fsp3) is 0.0952. The Bertz CT molecular complexity index is 964. The molecule has 3 aromatic rings. The van der Waals surface area contributed by atoms with Crippen LogP contribution in [0.3, 0.4) is 0 Å². The Morgan fingerprint density at radius 1 is 0.960 bits per heavy atom. The van der Waals surface area contributed by atoms with Crippen LogP contribution in [0.4, 0.5) is 0 Å². The molecular weight excluding hydrogens is 380 g/mol. The fourth-order valence-corrected chi connectivity index (χ4v) is 3.75. The molecular formula is C21H15BrO3. The second-order valence-electron chi connectivity index (χ2n) is 6.17. The quantitative estimate of drug-likeness (QED) is 0.505. The van der Waals surface area contributed by atoms with Crippen molar-refractivity contribution in [3.05, 3.63) is 93.5 Å². The van der Waals surface area contributed by atoms with Gasteiger partial charge in [-0.25, -0.2) is 4.79 Å². The lowest BCUT2D eigenvalue weighted by Crippen LogP contribution is -2.36. The molecule has 25 heavy (non-hydrogen) atoms. The molecule has 1 N–H and O–H groups in total. The number of aromatic hydroxyl groups is 1. The summed E-state index contributed by atoms with van der Waals surface area (Å²) < 4.78 is 6.10. The Kier molecular flexibility index (Phi) is 3.65. The van der Waals surface area contributed by atoms with E-state index in [0.717, 1.165) is 22.3 Å². The van der Waals surface area contributed by atoms with Crippen molar-refractivity contribution in [3.63, 3.8) is 0 Å². The van der Waals surface area contributed by atoms with Crippen LogP contribution < -0.4 is 4.74 Å². The normalized spacial score (nSPS) is 18.7. The summed E-state index contributed by atoms with van der Waals surface area (Å²) in [5.74, 6) is 0.0597. The summed E-state index contributed by atoms with van der Waals surface area (Å²) in [5.41, 5.74) is 2.45. The van der Waals surface area contributed by atoms with Gasteiger partial charge in [0.05, 0.1) is 4.47 Å². The molecule has 0 bridgehead atoms. The van der Waals surface area contributed by atoms with Crippen LogP contribution >= 0.6 is 15.9 Å². The summed E-state index contributed by atoms with van der Waals surface area (Å²) in [4.78, 5) is 13.1. The monoisotopic (exact) mass is 394 g/mol. The number of phenols is 1. The fourth-order valence-electron chi connectivity index (χ4n) is 3.41. The minimum Gasteiger partial charge on any atom is -0.507 e. The van der Waals surface area contributed by atoms with E-state index in [1.165, 1.54) is 6.07 Å². The molecule has 4 rings (SSSR count). The van der Waals surface area contributed by atoms with Gasteiger partial charge in [0.15, 0.2) is 0 Å². The van der Waals surface area contributed by atoms with Crippen LogP contribution in [0.1, 0.15) is 22.3 Å². The van der Waals surface area contributed by atoms with Crippen molar-refractivity contribution < 1.29 is 14.6 Å². The smallest absolute Gasteiger partial charge is 0.331 e. The summed E-state index contributed by atoms with van der Waals surface area (Å²) in [6, 6.07) is 20.7. The van der Waals surface area contributed by atoms with Gasteiger partial charge in [-0.15, -0.1) is 0 Å². The average molecular weight is 395 g/mol. The first kappa shape index (κ1) is 15.9. The molecule has 0 fully saturated rings. The zero-order valence-electron chi connectivity index (χ0n) is 13.5. The first-order chi connectivity index (χ1) is 12.0. The van der Waals surface area contributed by atoms with Crippen molar-refractivity contribution in [2.45, 2.75) is 12.3 Å². The van der Waals surface area contributed by atoms with Crippen molar-refractivity contribution in [1.29, 1.82) is 0 Å². The van der Waals surface area contributed by atoms with E-state index in [1.807, 2.05) is 61.5 Å². The van der Waals surface area contributed by atoms with Crippen molar-refractivity contribution in [3.8, 4) is 11.5 Å². The van der Waals surface area contributed by atoms with Crippen molar-refractivity contribution in [1.82, 2.24) is 0 Å². The predicted molar refractivity (Wildman–Crippen MR) is 98.9 cm³/mol. The second kappa shape index (κ2) is 5.74. The maximum atomic E-state index is 13.1. The Morgan fingerprint density at radius 2 is 1.60 bits per heavy atom. The van der Waals surface area contributed by atoms with E-state index < -0.39 is 5.41 Å². The molecule has 0 saturated carbocycles. The number of fused-ring (bicyclic) bond motifs is 1. The number of hydrogen-bond donors (Lipinski definition) is 1. The van der Waals surface area contributed by atoms with Crippen LogP contribution in [0.5, 0.6) is 11.5 Å². The van der Waals surface area contributed by atoms with E-state index in [9.17, 15) is 9.90 Å². The summed E-state index contributed by atoms with van der Waals surface area (Å²) in [5, 5.41) is 9.98. The molecule has 1 unspecified atom stereocenters. The molecule has 3 nitrogen and oxygen atoms in total. The number of rotatable bonds is 2. The zero-order chi connectivity index (χ0) is 17.6. The molecule has 3 aromatic carbocycles. The number of halogens is 1. The highest BCUT2D eigenvalue weighted by Crippen LogP contribution is 2.51. The standard InChI is InChI=1S/C21H15BrO3/c1-13-7-9-15(10-8-13)21(14-5-3-2-4-6-14)16-11-17(22)18(23)12-19(16)25-20(21)24/h2-12,23H,1H3. The molecule has 4 heteroatoms. The maximum absolute atomic E-state index is 13.1. The lowest BCUT2D eigenvalue weighted by atomic mass is 9.70. The number of carbonyl (C=O) groups excluding carboxylic acids is 1. The van der Waals surface area contributed by atoms with E-state index in [1.54, 1.807) is 6.07 Å². The lowest BCUT2D eigenvalue weighted by Gasteiger charge is -2.27. The first-order valence-electron chi connectivity index (χ1n) is 7.91. The number of esters is 1.